The third kappa shape index (κ3) is 3.17. The third-order valence-corrected chi connectivity index (χ3v) is 4.50. The van der Waals surface area contributed by atoms with Crippen LogP contribution >= 0.6 is 0 Å². The molecule has 0 aliphatic carbocycles. The van der Waals surface area contributed by atoms with Gasteiger partial charge in [0.25, 0.3) is 0 Å². The zero-order valence-corrected chi connectivity index (χ0v) is 13.7. The maximum absolute atomic E-state index is 11.9. The summed E-state index contributed by atoms with van der Waals surface area (Å²) < 4.78 is 23.8. The summed E-state index contributed by atoms with van der Waals surface area (Å²) in [6.45, 7) is 8.24. The van der Waals surface area contributed by atoms with Crippen LogP contribution < -0.4 is 5.14 Å². The van der Waals surface area contributed by atoms with Crippen molar-refractivity contribution in [1.82, 2.24) is 0 Å². The van der Waals surface area contributed by atoms with Crippen molar-refractivity contribution in [2.45, 2.75) is 38.0 Å². The topological polar surface area (TPSA) is 60.2 Å². The van der Waals surface area contributed by atoms with E-state index in [0.29, 0.717) is 5.56 Å². The van der Waals surface area contributed by atoms with Crippen LogP contribution in [0.5, 0.6) is 0 Å². The number of sulfonamides is 1. The van der Waals surface area contributed by atoms with E-state index in [-0.39, 0.29) is 10.3 Å². The number of primary sulfonamides is 1. The minimum atomic E-state index is -3.77. The van der Waals surface area contributed by atoms with E-state index < -0.39 is 10.0 Å². The maximum Gasteiger partial charge on any atom is 0.238 e. The highest BCUT2D eigenvalue weighted by molar-refractivity contribution is 7.89. The van der Waals surface area contributed by atoms with Gasteiger partial charge >= 0.3 is 0 Å². The summed E-state index contributed by atoms with van der Waals surface area (Å²) >= 11 is 0. The Bertz CT molecular complexity index is 772. The van der Waals surface area contributed by atoms with Crippen molar-refractivity contribution in [3.05, 3.63) is 53.6 Å². The number of aryl methyl sites for hydroxylation is 1. The molecule has 2 rings (SSSR count). The van der Waals surface area contributed by atoms with E-state index in [1.165, 1.54) is 0 Å². The molecular weight excluding hydrogens is 282 g/mol. The van der Waals surface area contributed by atoms with Crippen molar-refractivity contribution in [3.63, 3.8) is 0 Å². The largest absolute Gasteiger partial charge is 0.238 e. The highest BCUT2D eigenvalue weighted by Crippen LogP contribution is 2.37. The Kier molecular flexibility index (Phi) is 3.95. The SMILES string of the molecule is Cc1cccc(S(N)(=O)=O)c1-c1ccccc1C(C)(C)C. The second kappa shape index (κ2) is 5.28. The Balaban J connectivity index is 2.87. The van der Waals surface area contributed by atoms with Crippen LogP contribution in [0.2, 0.25) is 0 Å². The molecule has 0 atom stereocenters. The number of benzene rings is 2. The highest BCUT2D eigenvalue weighted by atomic mass is 32.2. The van der Waals surface area contributed by atoms with Crippen LogP contribution in [0, 0.1) is 6.92 Å². The molecule has 0 aliphatic heterocycles. The lowest BCUT2D eigenvalue weighted by molar-refractivity contribution is 0.590. The molecule has 0 aromatic heterocycles. The van der Waals surface area contributed by atoms with Crippen LogP contribution in [0.25, 0.3) is 11.1 Å². The predicted octanol–water partition coefficient (Wildman–Crippen LogP) is 3.61. The van der Waals surface area contributed by atoms with E-state index in [2.05, 4.69) is 20.8 Å². The van der Waals surface area contributed by atoms with Gasteiger partial charge in [-0.2, -0.15) is 0 Å². The standard InChI is InChI=1S/C17H21NO2S/c1-12-8-7-11-15(21(18,19)20)16(12)13-9-5-6-10-14(13)17(2,3)4/h5-11H,1-4H3,(H2,18,19,20). The van der Waals surface area contributed by atoms with Gasteiger partial charge in [0.05, 0.1) is 4.90 Å². The molecule has 2 N–H and O–H groups in total. The first-order valence-corrected chi connectivity index (χ1v) is 8.39. The molecule has 0 spiro atoms. The fourth-order valence-electron chi connectivity index (χ4n) is 2.58. The van der Waals surface area contributed by atoms with Crippen molar-refractivity contribution in [1.29, 1.82) is 0 Å². The molecule has 0 amide bonds. The van der Waals surface area contributed by atoms with Gasteiger partial charge in [0, 0.05) is 5.56 Å². The molecule has 112 valence electrons. The van der Waals surface area contributed by atoms with E-state index in [1.54, 1.807) is 12.1 Å². The molecule has 0 bridgehead atoms. The summed E-state index contributed by atoms with van der Waals surface area (Å²) in [5.41, 5.74) is 3.54. The van der Waals surface area contributed by atoms with Gasteiger partial charge in [-0.1, -0.05) is 57.2 Å². The van der Waals surface area contributed by atoms with Crippen molar-refractivity contribution in [2.75, 3.05) is 0 Å². The van der Waals surface area contributed by atoms with Gasteiger partial charge in [0.15, 0.2) is 0 Å². The Morgan fingerprint density at radius 1 is 0.952 bits per heavy atom. The zero-order chi connectivity index (χ0) is 15.8. The molecular formula is C17H21NO2S. The smallest absolute Gasteiger partial charge is 0.225 e. The first-order valence-electron chi connectivity index (χ1n) is 6.84. The molecule has 0 saturated heterocycles. The van der Waals surface area contributed by atoms with E-state index >= 15 is 0 Å². The first-order chi connectivity index (χ1) is 9.62. The molecule has 0 fully saturated rings. The van der Waals surface area contributed by atoms with E-state index in [1.807, 2.05) is 37.3 Å². The quantitative estimate of drug-likeness (QED) is 0.921. The summed E-state index contributed by atoms with van der Waals surface area (Å²) in [5, 5.41) is 5.40. The summed E-state index contributed by atoms with van der Waals surface area (Å²) in [6.07, 6.45) is 0. The molecule has 2 aromatic rings. The molecule has 0 radical (unpaired) electrons. The molecule has 0 unspecified atom stereocenters. The van der Waals surface area contributed by atoms with Crippen molar-refractivity contribution in [2.24, 2.45) is 5.14 Å². The fraction of sp³-hybridized carbons (Fsp3) is 0.294. The Morgan fingerprint density at radius 2 is 1.57 bits per heavy atom. The van der Waals surface area contributed by atoms with E-state index in [4.69, 9.17) is 5.14 Å². The van der Waals surface area contributed by atoms with Crippen LogP contribution in [0.4, 0.5) is 0 Å². The monoisotopic (exact) mass is 303 g/mol. The van der Waals surface area contributed by atoms with Crippen LogP contribution in [0.3, 0.4) is 0 Å². The van der Waals surface area contributed by atoms with Gasteiger partial charge in [-0.05, 0) is 35.1 Å². The Labute approximate surface area is 126 Å². The first kappa shape index (κ1) is 15.7. The molecule has 3 nitrogen and oxygen atoms in total. The average Bonchev–Trinajstić information content (AvgIpc) is 2.36. The predicted molar refractivity (Wildman–Crippen MR) is 86.7 cm³/mol. The van der Waals surface area contributed by atoms with Crippen LogP contribution in [0.15, 0.2) is 47.4 Å². The lowest BCUT2D eigenvalue weighted by atomic mass is 9.81. The molecule has 0 aliphatic rings. The van der Waals surface area contributed by atoms with Gasteiger partial charge in [0.1, 0.15) is 0 Å². The van der Waals surface area contributed by atoms with Crippen LogP contribution in [-0.2, 0) is 15.4 Å². The normalized spacial score (nSPS) is 12.4. The number of nitrogens with two attached hydrogens (primary N) is 1. The average molecular weight is 303 g/mol. The van der Waals surface area contributed by atoms with Crippen LogP contribution in [0.1, 0.15) is 31.9 Å². The van der Waals surface area contributed by atoms with Gasteiger partial charge in [-0.25, -0.2) is 13.6 Å². The lowest BCUT2D eigenvalue weighted by Gasteiger charge is -2.24. The van der Waals surface area contributed by atoms with E-state index in [9.17, 15) is 8.42 Å². The third-order valence-electron chi connectivity index (χ3n) is 3.55. The Morgan fingerprint density at radius 3 is 2.14 bits per heavy atom. The highest BCUT2D eigenvalue weighted by Gasteiger charge is 2.23. The summed E-state index contributed by atoms with van der Waals surface area (Å²) in [7, 11) is -3.77. The molecule has 2 aromatic carbocycles. The zero-order valence-electron chi connectivity index (χ0n) is 12.8. The summed E-state index contributed by atoms with van der Waals surface area (Å²) in [4.78, 5) is 0.180. The van der Waals surface area contributed by atoms with Gasteiger partial charge in [0.2, 0.25) is 10.0 Å². The van der Waals surface area contributed by atoms with Crippen molar-refractivity contribution >= 4 is 10.0 Å². The van der Waals surface area contributed by atoms with E-state index in [0.717, 1.165) is 16.7 Å². The van der Waals surface area contributed by atoms with Gasteiger partial charge in [-0.15, -0.1) is 0 Å². The minimum absolute atomic E-state index is 0.0888. The van der Waals surface area contributed by atoms with Crippen LogP contribution in [-0.4, -0.2) is 8.42 Å². The van der Waals surface area contributed by atoms with Gasteiger partial charge in [-0.3, -0.25) is 0 Å². The number of hydrogen-bond donors (Lipinski definition) is 1. The second-order valence-electron chi connectivity index (χ2n) is 6.29. The molecule has 21 heavy (non-hydrogen) atoms. The summed E-state index contributed by atoms with van der Waals surface area (Å²) in [6, 6.07) is 13.1. The van der Waals surface area contributed by atoms with Gasteiger partial charge < -0.3 is 0 Å². The maximum atomic E-state index is 11.9. The molecule has 0 saturated carbocycles. The molecule has 4 heteroatoms. The lowest BCUT2D eigenvalue weighted by Crippen LogP contribution is -2.16. The number of hydrogen-bond acceptors (Lipinski definition) is 2. The number of rotatable bonds is 2. The molecule has 0 heterocycles. The van der Waals surface area contributed by atoms with Crippen molar-refractivity contribution in [3.8, 4) is 11.1 Å². The fourth-order valence-corrected chi connectivity index (χ4v) is 3.40. The van der Waals surface area contributed by atoms with Crippen molar-refractivity contribution < 1.29 is 8.42 Å². The summed E-state index contributed by atoms with van der Waals surface area (Å²) in [5.74, 6) is 0. The second-order valence-corrected chi connectivity index (χ2v) is 7.82. The Hall–Kier alpha value is -1.65. The minimum Gasteiger partial charge on any atom is -0.225 e.